The lowest BCUT2D eigenvalue weighted by molar-refractivity contribution is -0.131. The van der Waals surface area contributed by atoms with Gasteiger partial charge in [-0.1, -0.05) is 18.9 Å². The molecule has 1 aromatic carbocycles. The highest BCUT2D eigenvalue weighted by molar-refractivity contribution is 6.07. The molecule has 2 aliphatic rings. The van der Waals surface area contributed by atoms with E-state index in [0.29, 0.717) is 38.0 Å². The number of ketones is 1. The van der Waals surface area contributed by atoms with Gasteiger partial charge in [-0.05, 0) is 38.3 Å². The molecular weight excluding hydrogens is 325 g/mol. The standard InChI is InChI=1S/C18H22FN3O3/c1-12(23)15-13(19)6-4-7-14(15)20-10-5-11-22-16(24)18(21-17(22)25)8-2-3-9-18/h4,6-7,20H,2-3,5,8-11H2,1H3,(H,21,25). The average molecular weight is 347 g/mol. The van der Waals surface area contributed by atoms with Crippen molar-refractivity contribution in [1.29, 1.82) is 0 Å². The van der Waals surface area contributed by atoms with Crippen molar-refractivity contribution in [2.75, 3.05) is 18.4 Å². The third kappa shape index (κ3) is 3.23. The van der Waals surface area contributed by atoms with Gasteiger partial charge in [-0.25, -0.2) is 9.18 Å². The number of hydrogen-bond donors (Lipinski definition) is 2. The fourth-order valence-electron chi connectivity index (χ4n) is 3.69. The summed E-state index contributed by atoms with van der Waals surface area (Å²) in [6.45, 7) is 2.04. The first-order chi connectivity index (χ1) is 11.9. The first-order valence-corrected chi connectivity index (χ1v) is 8.62. The van der Waals surface area contributed by atoms with Crippen molar-refractivity contribution in [2.45, 2.75) is 44.6 Å². The Balaban J connectivity index is 1.56. The molecule has 0 radical (unpaired) electrons. The molecule has 2 fully saturated rings. The molecule has 0 bridgehead atoms. The van der Waals surface area contributed by atoms with Crippen LogP contribution >= 0.6 is 0 Å². The van der Waals surface area contributed by atoms with E-state index in [0.717, 1.165) is 12.8 Å². The molecule has 1 heterocycles. The van der Waals surface area contributed by atoms with Crippen LogP contribution in [0.1, 0.15) is 49.4 Å². The van der Waals surface area contributed by atoms with Gasteiger partial charge in [0.25, 0.3) is 5.91 Å². The predicted octanol–water partition coefficient (Wildman–Crippen LogP) is 2.69. The summed E-state index contributed by atoms with van der Waals surface area (Å²) >= 11 is 0. The van der Waals surface area contributed by atoms with E-state index in [2.05, 4.69) is 10.6 Å². The van der Waals surface area contributed by atoms with E-state index >= 15 is 0 Å². The third-order valence-electron chi connectivity index (χ3n) is 4.94. The van der Waals surface area contributed by atoms with Crippen LogP contribution in [0.2, 0.25) is 0 Å². The molecule has 7 heteroatoms. The van der Waals surface area contributed by atoms with Crippen LogP contribution in [0.15, 0.2) is 18.2 Å². The second-order valence-electron chi connectivity index (χ2n) is 6.68. The minimum absolute atomic E-state index is 0.0300. The molecule has 1 aromatic rings. The van der Waals surface area contributed by atoms with E-state index in [9.17, 15) is 18.8 Å². The van der Waals surface area contributed by atoms with Crippen LogP contribution in [0.4, 0.5) is 14.9 Å². The van der Waals surface area contributed by atoms with Crippen molar-refractivity contribution in [3.8, 4) is 0 Å². The molecule has 6 nitrogen and oxygen atoms in total. The number of nitrogens with one attached hydrogen (secondary N) is 2. The zero-order valence-corrected chi connectivity index (χ0v) is 14.2. The zero-order chi connectivity index (χ0) is 18.0. The monoisotopic (exact) mass is 347 g/mol. The van der Waals surface area contributed by atoms with Crippen LogP contribution in [0.5, 0.6) is 0 Å². The number of benzene rings is 1. The van der Waals surface area contributed by atoms with Crippen LogP contribution in [-0.2, 0) is 4.79 Å². The quantitative estimate of drug-likeness (QED) is 0.471. The number of carbonyl (C=O) groups is 3. The Hall–Kier alpha value is -2.44. The van der Waals surface area contributed by atoms with Crippen molar-refractivity contribution < 1.29 is 18.8 Å². The summed E-state index contributed by atoms with van der Waals surface area (Å²) in [6.07, 6.45) is 3.84. The first-order valence-electron chi connectivity index (χ1n) is 8.62. The van der Waals surface area contributed by atoms with Crippen LogP contribution in [-0.4, -0.2) is 41.2 Å². The van der Waals surface area contributed by atoms with Gasteiger partial charge >= 0.3 is 6.03 Å². The summed E-state index contributed by atoms with van der Waals surface area (Å²) in [5, 5.41) is 5.86. The van der Waals surface area contributed by atoms with E-state index < -0.39 is 11.4 Å². The number of hydrogen-bond acceptors (Lipinski definition) is 4. The zero-order valence-electron chi connectivity index (χ0n) is 14.2. The molecule has 0 atom stereocenters. The average Bonchev–Trinajstić information content (AvgIpc) is 3.11. The molecule has 1 saturated carbocycles. The summed E-state index contributed by atoms with van der Waals surface area (Å²) in [4.78, 5) is 37.4. The Morgan fingerprint density at radius 3 is 2.72 bits per heavy atom. The van der Waals surface area contributed by atoms with E-state index in [4.69, 9.17) is 0 Å². The van der Waals surface area contributed by atoms with Gasteiger partial charge in [-0.2, -0.15) is 0 Å². The van der Waals surface area contributed by atoms with Crippen LogP contribution < -0.4 is 10.6 Å². The van der Waals surface area contributed by atoms with E-state index in [-0.39, 0.29) is 23.3 Å². The number of rotatable bonds is 6. The van der Waals surface area contributed by atoms with Gasteiger partial charge in [-0.3, -0.25) is 14.5 Å². The summed E-state index contributed by atoms with van der Waals surface area (Å²) < 4.78 is 13.8. The number of halogens is 1. The lowest BCUT2D eigenvalue weighted by Gasteiger charge is -2.20. The molecule has 1 aliphatic heterocycles. The number of Topliss-reactive ketones (excluding diaryl/α,β-unsaturated/α-hetero) is 1. The van der Waals surface area contributed by atoms with Gasteiger partial charge in [0.15, 0.2) is 5.78 Å². The Kier molecular flexibility index (Phi) is 4.74. The highest BCUT2D eigenvalue weighted by Crippen LogP contribution is 2.35. The van der Waals surface area contributed by atoms with E-state index in [1.807, 2.05) is 0 Å². The normalized spacial score (nSPS) is 18.7. The molecule has 25 heavy (non-hydrogen) atoms. The lowest BCUT2D eigenvalue weighted by Crippen LogP contribution is -2.44. The van der Waals surface area contributed by atoms with Crippen molar-refractivity contribution in [1.82, 2.24) is 10.2 Å². The van der Waals surface area contributed by atoms with Gasteiger partial charge in [0.05, 0.1) is 5.56 Å². The molecular formula is C18H22FN3O3. The van der Waals surface area contributed by atoms with Crippen molar-refractivity contribution >= 4 is 23.4 Å². The maximum absolute atomic E-state index is 13.8. The summed E-state index contributed by atoms with van der Waals surface area (Å²) in [7, 11) is 0. The number of nitrogens with zero attached hydrogens (tertiary/aromatic N) is 1. The van der Waals surface area contributed by atoms with Gasteiger partial charge in [0, 0.05) is 18.8 Å². The number of imide groups is 1. The smallest absolute Gasteiger partial charge is 0.325 e. The van der Waals surface area contributed by atoms with Crippen molar-refractivity contribution in [3.63, 3.8) is 0 Å². The molecule has 134 valence electrons. The highest BCUT2D eigenvalue weighted by atomic mass is 19.1. The molecule has 1 saturated heterocycles. The lowest BCUT2D eigenvalue weighted by atomic mass is 9.98. The summed E-state index contributed by atoms with van der Waals surface area (Å²) in [6, 6.07) is 4.09. The Bertz CT molecular complexity index is 714. The SMILES string of the molecule is CC(=O)c1c(F)cccc1NCCCN1C(=O)NC2(CCCC2)C1=O. The van der Waals surface area contributed by atoms with Crippen molar-refractivity contribution in [3.05, 3.63) is 29.6 Å². The minimum atomic E-state index is -0.686. The fourth-order valence-corrected chi connectivity index (χ4v) is 3.69. The third-order valence-corrected chi connectivity index (χ3v) is 4.94. The topological polar surface area (TPSA) is 78.5 Å². The maximum atomic E-state index is 13.8. The Labute approximate surface area is 145 Å². The van der Waals surface area contributed by atoms with Gasteiger partial charge in [-0.15, -0.1) is 0 Å². The van der Waals surface area contributed by atoms with Crippen LogP contribution in [0.3, 0.4) is 0 Å². The van der Waals surface area contributed by atoms with Gasteiger partial charge in [0.1, 0.15) is 11.4 Å². The molecule has 3 amide bonds. The van der Waals surface area contributed by atoms with Gasteiger partial charge < -0.3 is 10.6 Å². The molecule has 1 aliphatic carbocycles. The fraction of sp³-hybridized carbons (Fsp3) is 0.500. The minimum Gasteiger partial charge on any atom is -0.384 e. The molecule has 0 unspecified atom stereocenters. The summed E-state index contributed by atoms with van der Waals surface area (Å²) in [5.41, 5.74) is -0.228. The maximum Gasteiger partial charge on any atom is 0.325 e. The summed E-state index contributed by atoms with van der Waals surface area (Å²) in [5.74, 6) is -1.04. The van der Waals surface area contributed by atoms with Crippen molar-refractivity contribution in [2.24, 2.45) is 0 Å². The Morgan fingerprint density at radius 2 is 2.04 bits per heavy atom. The second kappa shape index (κ2) is 6.82. The molecule has 1 spiro atoms. The molecule has 3 rings (SSSR count). The number of anilines is 1. The number of amides is 3. The predicted molar refractivity (Wildman–Crippen MR) is 91.0 cm³/mol. The van der Waals surface area contributed by atoms with Gasteiger partial charge in [0.2, 0.25) is 0 Å². The first kappa shape index (κ1) is 17.4. The van der Waals surface area contributed by atoms with E-state index in [1.54, 1.807) is 6.07 Å². The highest BCUT2D eigenvalue weighted by Gasteiger charge is 2.51. The number of urea groups is 1. The van der Waals surface area contributed by atoms with Crippen LogP contribution in [0.25, 0.3) is 0 Å². The van der Waals surface area contributed by atoms with Crippen LogP contribution in [0, 0.1) is 5.82 Å². The largest absolute Gasteiger partial charge is 0.384 e. The molecule has 0 aromatic heterocycles. The number of carbonyl (C=O) groups excluding carboxylic acids is 3. The molecule has 2 N–H and O–H groups in total. The van der Waals surface area contributed by atoms with E-state index in [1.165, 1.54) is 24.0 Å². The second-order valence-corrected chi connectivity index (χ2v) is 6.68. The Morgan fingerprint density at radius 1 is 1.32 bits per heavy atom.